The molecule has 0 aliphatic heterocycles. The Labute approximate surface area is 335 Å². The van der Waals surface area contributed by atoms with Gasteiger partial charge in [0.15, 0.2) is 0 Å². The number of pyridine rings is 2. The summed E-state index contributed by atoms with van der Waals surface area (Å²) >= 11 is 0. The van der Waals surface area contributed by atoms with Crippen molar-refractivity contribution in [1.29, 1.82) is 5.26 Å². The van der Waals surface area contributed by atoms with Crippen LogP contribution in [0.1, 0.15) is 63.7 Å². The molecule has 0 unspecified atom stereocenters. The number of aryl methyl sites for hydroxylation is 3. The van der Waals surface area contributed by atoms with E-state index in [1.54, 1.807) is 36.4 Å². The van der Waals surface area contributed by atoms with E-state index >= 15 is 0 Å². The van der Waals surface area contributed by atoms with E-state index in [1.165, 1.54) is 36.7 Å². The van der Waals surface area contributed by atoms with Gasteiger partial charge < -0.3 is 14.4 Å². The monoisotopic (exact) mass is 865 g/mol. The first kappa shape index (κ1) is 24.7. The molecule has 0 spiro atoms. The topological polar surface area (TPSA) is 62.7 Å². The van der Waals surface area contributed by atoms with Gasteiger partial charge in [-0.3, -0.25) is 0 Å². The second-order valence-corrected chi connectivity index (χ2v) is 13.1. The Hall–Kier alpha value is -5.40. The molecule has 3 heterocycles. The summed E-state index contributed by atoms with van der Waals surface area (Å²) in [5.41, 5.74) is 4.07. The van der Waals surface area contributed by atoms with Crippen molar-refractivity contribution < 1.29 is 39.6 Å². The Balaban J connectivity index is 0.000000236. The van der Waals surface area contributed by atoms with Crippen LogP contribution in [-0.2, 0) is 26.5 Å². The van der Waals surface area contributed by atoms with Gasteiger partial charge in [0.1, 0.15) is 5.58 Å². The minimum atomic E-state index is -2.58. The summed E-state index contributed by atoms with van der Waals surface area (Å²) in [5, 5.41) is 13.1. The largest absolute Gasteiger partial charge is 0.500 e. The minimum Gasteiger partial charge on any atom is -0.500 e. The number of fused-ring (bicyclic) bond motifs is 5. The SMILES string of the molecule is [2H]C([2H])([2H])c1c[c-]c(-c2ccc(C([2H])([2H])C(C)(C)C)cn2)cc1.[2H]C([2H])([2H])c1cnc(-c2[c-]ccc3c2oc2c4ccccc4ccc32)cc1-c1ccc(C#N)cc1C([2H])([2H])[2H].[Ir]. The molecule has 0 N–H and O–H groups in total. The summed E-state index contributed by atoms with van der Waals surface area (Å²) in [6, 6.07) is 37.6. The molecule has 0 aliphatic rings. The minimum absolute atomic E-state index is 0. The molecule has 0 saturated heterocycles. The van der Waals surface area contributed by atoms with Gasteiger partial charge in [0, 0.05) is 58.3 Å². The molecule has 52 heavy (non-hydrogen) atoms. The third kappa shape index (κ3) is 7.60. The van der Waals surface area contributed by atoms with Crippen LogP contribution in [0.5, 0.6) is 0 Å². The molecule has 3 aromatic heterocycles. The Morgan fingerprint density at radius 1 is 0.769 bits per heavy atom. The molecule has 0 bridgehead atoms. The molecule has 0 fully saturated rings. The van der Waals surface area contributed by atoms with Crippen molar-refractivity contribution in [2.24, 2.45) is 5.41 Å². The summed E-state index contributed by atoms with van der Waals surface area (Å²) in [5.74, 6) is 0. The number of benzene rings is 5. The molecule has 0 atom stereocenters. The molecule has 5 heteroatoms. The fraction of sp³-hybridized carbons (Fsp3) is 0.170. The predicted molar refractivity (Wildman–Crippen MR) is 209 cm³/mol. The summed E-state index contributed by atoms with van der Waals surface area (Å²) in [6.45, 7) is -1.74. The van der Waals surface area contributed by atoms with E-state index in [-0.39, 0.29) is 53.5 Å². The summed E-state index contributed by atoms with van der Waals surface area (Å²) < 4.78 is 93.4. The maximum Gasteiger partial charge on any atom is 0.128 e. The van der Waals surface area contributed by atoms with E-state index in [2.05, 4.69) is 22.1 Å². The number of hydrogen-bond donors (Lipinski definition) is 0. The molecule has 8 aromatic rings. The quantitative estimate of drug-likeness (QED) is 0.165. The first-order valence-corrected chi connectivity index (χ1v) is 16.3. The molecule has 0 saturated carbocycles. The van der Waals surface area contributed by atoms with Crippen molar-refractivity contribution in [3.05, 3.63) is 155 Å². The fourth-order valence-electron chi connectivity index (χ4n) is 5.97. The van der Waals surface area contributed by atoms with Gasteiger partial charge >= 0.3 is 0 Å². The first-order valence-electron chi connectivity index (χ1n) is 21.8. The van der Waals surface area contributed by atoms with Gasteiger partial charge in [0.05, 0.1) is 17.2 Å². The predicted octanol–water partition coefficient (Wildman–Crippen LogP) is 12.2. The number of nitriles is 1. The maximum atomic E-state index is 9.34. The standard InChI is InChI=1S/C30H19N2O.C17H20N.Ir/c1-18-14-20(16-31)10-12-22(18)27-15-28(32-17-19(27)2)26-9-5-8-24-25-13-11-21-6-3-4-7-23(21)29(25)33-30(24)26;1-13-5-8-15(9-6-13)16-10-7-14(12-18-16)11-17(2,3)4;/h3-8,10-15,17H,1-2H3;5-8,10,12H,11H2,1-4H3;/q2*-1;/i1D3,2D3;1D3,11D2;. The van der Waals surface area contributed by atoms with E-state index in [0.29, 0.717) is 33.7 Å². The van der Waals surface area contributed by atoms with Crippen molar-refractivity contribution in [2.75, 3.05) is 0 Å². The average molecular weight is 865 g/mol. The number of hydrogen-bond acceptors (Lipinski definition) is 4. The molecule has 0 amide bonds. The van der Waals surface area contributed by atoms with E-state index in [1.807, 2.05) is 69.3 Å². The molecular weight excluding hydrogens is 815 g/mol. The smallest absolute Gasteiger partial charge is 0.128 e. The molecule has 5 aromatic carbocycles. The van der Waals surface area contributed by atoms with Gasteiger partial charge in [0.25, 0.3) is 0 Å². The van der Waals surface area contributed by atoms with Crippen LogP contribution in [-0.4, -0.2) is 9.97 Å². The number of furan rings is 1. The zero-order valence-electron chi connectivity index (χ0n) is 39.6. The second kappa shape index (κ2) is 15.1. The van der Waals surface area contributed by atoms with Crippen LogP contribution in [0.4, 0.5) is 0 Å². The number of aromatic nitrogens is 2. The van der Waals surface area contributed by atoms with E-state index in [4.69, 9.17) is 19.5 Å². The van der Waals surface area contributed by atoms with Crippen LogP contribution in [0, 0.1) is 49.4 Å². The first-order chi connectivity index (χ1) is 29.0. The van der Waals surface area contributed by atoms with Crippen LogP contribution in [0.25, 0.3) is 66.4 Å². The fourth-order valence-corrected chi connectivity index (χ4v) is 5.97. The molecule has 1 radical (unpaired) electrons. The number of nitrogens with zero attached hydrogens (tertiary/aromatic N) is 3. The van der Waals surface area contributed by atoms with Crippen molar-refractivity contribution in [3.63, 3.8) is 0 Å². The van der Waals surface area contributed by atoms with E-state index in [9.17, 15) is 5.26 Å². The van der Waals surface area contributed by atoms with Gasteiger partial charge in [0.2, 0.25) is 0 Å². The summed E-state index contributed by atoms with van der Waals surface area (Å²) in [6.07, 6.45) is 1.29. The Kier molecular flexibility index (Phi) is 7.16. The average Bonchev–Trinajstić information content (AvgIpc) is 3.62. The Bertz CT molecular complexity index is 3000. The molecule has 0 aliphatic carbocycles. The molecule has 8 rings (SSSR count). The van der Waals surface area contributed by atoms with Crippen molar-refractivity contribution in [3.8, 4) is 39.7 Å². The van der Waals surface area contributed by atoms with Crippen LogP contribution in [0.2, 0.25) is 0 Å². The van der Waals surface area contributed by atoms with Gasteiger partial charge in [-0.25, -0.2) is 0 Å². The number of rotatable bonds is 4. The molecule has 259 valence electrons. The van der Waals surface area contributed by atoms with Crippen molar-refractivity contribution >= 4 is 32.7 Å². The Morgan fingerprint density at radius 3 is 2.33 bits per heavy atom. The maximum absolute atomic E-state index is 9.34. The van der Waals surface area contributed by atoms with Crippen LogP contribution in [0.3, 0.4) is 0 Å². The van der Waals surface area contributed by atoms with Crippen LogP contribution in [0.15, 0.2) is 120 Å². The zero-order chi connectivity index (χ0) is 45.0. The summed E-state index contributed by atoms with van der Waals surface area (Å²) in [4.78, 5) is 8.77. The van der Waals surface area contributed by atoms with E-state index in [0.717, 1.165) is 27.1 Å². The zero-order valence-corrected chi connectivity index (χ0v) is 30.9. The third-order valence-corrected chi connectivity index (χ3v) is 8.29. The van der Waals surface area contributed by atoms with Gasteiger partial charge in [-0.05, 0) is 82.2 Å². The molecule has 4 nitrogen and oxygen atoms in total. The second-order valence-electron chi connectivity index (χ2n) is 13.1. The van der Waals surface area contributed by atoms with Crippen molar-refractivity contribution in [2.45, 2.75) is 47.7 Å². The molecular formula is C47H39IrN3O-2. The normalized spacial score (nSPS) is 15.3. The van der Waals surface area contributed by atoms with Gasteiger partial charge in [-0.2, -0.15) is 5.26 Å². The van der Waals surface area contributed by atoms with Crippen LogP contribution >= 0.6 is 0 Å². The van der Waals surface area contributed by atoms with Crippen LogP contribution < -0.4 is 0 Å². The third-order valence-electron chi connectivity index (χ3n) is 8.29. The van der Waals surface area contributed by atoms with Gasteiger partial charge in [-0.15, -0.1) is 53.6 Å². The van der Waals surface area contributed by atoms with E-state index < -0.39 is 32.3 Å². The van der Waals surface area contributed by atoms with Gasteiger partial charge in [-0.1, -0.05) is 99.2 Å². The Morgan fingerprint density at radius 2 is 1.60 bits per heavy atom. The van der Waals surface area contributed by atoms with Crippen molar-refractivity contribution in [1.82, 2.24) is 9.97 Å². The summed E-state index contributed by atoms with van der Waals surface area (Å²) in [7, 11) is 0.